The number of aliphatic carboxylic acids is 1. The Morgan fingerprint density at radius 1 is 1.50 bits per heavy atom. The third-order valence-electron chi connectivity index (χ3n) is 2.19. The van der Waals surface area contributed by atoms with E-state index in [1.165, 1.54) is 24.5 Å². The minimum atomic E-state index is -2.93. The number of alkyl halides is 2. The Labute approximate surface area is 99.7 Å². The Hall–Kier alpha value is -2.44. The van der Waals surface area contributed by atoms with E-state index < -0.39 is 12.6 Å². The van der Waals surface area contributed by atoms with Crippen molar-refractivity contribution in [1.29, 1.82) is 0 Å². The van der Waals surface area contributed by atoms with E-state index in [0.29, 0.717) is 16.6 Å². The second-order valence-electron chi connectivity index (χ2n) is 3.33. The molecule has 2 N–H and O–H groups in total. The van der Waals surface area contributed by atoms with Gasteiger partial charge < -0.3 is 14.8 Å². The van der Waals surface area contributed by atoms with Crippen LogP contribution in [0.1, 0.15) is 5.56 Å². The summed E-state index contributed by atoms with van der Waals surface area (Å²) in [7, 11) is 0. The number of carbonyl (C=O) groups is 1. The van der Waals surface area contributed by atoms with Gasteiger partial charge in [-0.25, -0.2) is 9.78 Å². The molecule has 7 heteroatoms. The molecule has 0 unspecified atom stereocenters. The van der Waals surface area contributed by atoms with E-state index in [4.69, 9.17) is 5.11 Å². The molecule has 0 aliphatic carbocycles. The molecule has 0 saturated heterocycles. The van der Waals surface area contributed by atoms with Crippen LogP contribution in [0.2, 0.25) is 0 Å². The number of hydrogen-bond donors (Lipinski definition) is 2. The highest BCUT2D eigenvalue weighted by molar-refractivity contribution is 5.93. The van der Waals surface area contributed by atoms with Crippen molar-refractivity contribution in [1.82, 2.24) is 9.97 Å². The second-order valence-corrected chi connectivity index (χ2v) is 3.33. The van der Waals surface area contributed by atoms with Gasteiger partial charge in [0.2, 0.25) is 0 Å². The van der Waals surface area contributed by atoms with Crippen molar-refractivity contribution >= 4 is 23.1 Å². The molecule has 0 radical (unpaired) electrons. The zero-order valence-electron chi connectivity index (χ0n) is 8.93. The van der Waals surface area contributed by atoms with E-state index in [-0.39, 0.29) is 5.75 Å². The van der Waals surface area contributed by atoms with Crippen LogP contribution >= 0.6 is 0 Å². The zero-order chi connectivity index (χ0) is 13.1. The molecule has 18 heavy (non-hydrogen) atoms. The number of fused-ring (bicyclic) bond motifs is 1. The lowest BCUT2D eigenvalue weighted by Gasteiger charge is -2.06. The van der Waals surface area contributed by atoms with E-state index in [1.807, 2.05) is 0 Å². The van der Waals surface area contributed by atoms with Crippen molar-refractivity contribution in [2.75, 3.05) is 0 Å². The van der Waals surface area contributed by atoms with Crippen molar-refractivity contribution in [3.63, 3.8) is 0 Å². The number of aromatic nitrogens is 2. The number of nitrogens with one attached hydrogen (secondary N) is 1. The number of aromatic amines is 1. The first-order valence-corrected chi connectivity index (χ1v) is 4.90. The number of benzene rings is 1. The molecule has 1 aromatic carbocycles. The monoisotopic (exact) mass is 254 g/mol. The molecule has 2 rings (SSSR count). The Bertz CT molecular complexity index is 607. The maximum absolute atomic E-state index is 12.2. The maximum atomic E-state index is 12.2. The van der Waals surface area contributed by atoms with Crippen molar-refractivity contribution in [2.45, 2.75) is 6.61 Å². The first kappa shape index (κ1) is 12.0. The predicted octanol–water partition coefficient (Wildman–Crippen LogP) is 2.26. The summed E-state index contributed by atoms with van der Waals surface area (Å²) in [5.74, 6) is -1.14. The summed E-state index contributed by atoms with van der Waals surface area (Å²) in [6.07, 6.45) is 3.59. The highest BCUT2D eigenvalue weighted by atomic mass is 19.3. The van der Waals surface area contributed by atoms with Gasteiger partial charge in [-0.2, -0.15) is 8.78 Å². The first-order chi connectivity index (χ1) is 8.58. The average Bonchev–Trinajstić information content (AvgIpc) is 2.76. The van der Waals surface area contributed by atoms with Gasteiger partial charge in [-0.05, 0) is 18.2 Å². The smallest absolute Gasteiger partial charge is 0.387 e. The fraction of sp³-hybridized carbons (Fsp3) is 0.0909. The van der Waals surface area contributed by atoms with Gasteiger partial charge in [0.25, 0.3) is 0 Å². The van der Waals surface area contributed by atoms with Crippen molar-refractivity contribution in [3.8, 4) is 5.75 Å². The van der Waals surface area contributed by atoms with Gasteiger partial charge in [-0.15, -0.1) is 0 Å². The van der Waals surface area contributed by atoms with E-state index >= 15 is 0 Å². The number of halogens is 2. The van der Waals surface area contributed by atoms with Gasteiger partial charge in [0.05, 0.1) is 11.8 Å². The molecule has 0 aliphatic heterocycles. The molecule has 0 amide bonds. The summed E-state index contributed by atoms with van der Waals surface area (Å²) in [5, 5.41) is 8.53. The minimum absolute atomic E-state index is 0.0371. The van der Waals surface area contributed by atoms with Crippen LogP contribution in [0.25, 0.3) is 17.1 Å². The van der Waals surface area contributed by atoms with Crippen LogP contribution in [0.4, 0.5) is 8.78 Å². The number of carboxylic acids is 1. The molecule has 1 heterocycles. The molecule has 0 aliphatic rings. The Balaban J connectivity index is 2.46. The number of ether oxygens (including phenoxy) is 1. The van der Waals surface area contributed by atoms with Crippen LogP contribution in [-0.2, 0) is 4.79 Å². The molecule has 0 fully saturated rings. The molecule has 0 saturated carbocycles. The molecular formula is C11H8F2N2O3. The Morgan fingerprint density at radius 3 is 2.94 bits per heavy atom. The molecule has 94 valence electrons. The first-order valence-electron chi connectivity index (χ1n) is 4.90. The fourth-order valence-corrected chi connectivity index (χ4v) is 1.52. The molecule has 0 spiro atoms. The van der Waals surface area contributed by atoms with Gasteiger partial charge in [0.1, 0.15) is 5.52 Å². The van der Waals surface area contributed by atoms with Gasteiger partial charge in [0.15, 0.2) is 5.75 Å². The van der Waals surface area contributed by atoms with Crippen molar-refractivity contribution < 1.29 is 23.4 Å². The molecule has 2 aromatic rings. The van der Waals surface area contributed by atoms with E-state index in [1.54, 1.807) is 0 Å². The van der Waals surface area contributed by atoms with Crippen LogP contribution in [0, 0.1) is 0 Å². The van der Waals surface area contributed by atoms with Crippen LogP contribution in [0.3, 0.4) is 0 Å². The summed E-state index contributed by atoms with van der Waals surface area (Å²) in [6.45, 7) is -2.93. The topological polar surface area (TPSA) is 75.2 Å². The highest BCUT2D eigenvalue weighted by Crippen LogP contribution is 2.27. The summed E-state index contributed by atoms with van der Waals surface area (Å²) in [6, 6.07) is 2.79. The van der Waals surface area contributed by atoms with Crippen LogP contribution in [-0.4, -0.2) is 27.7 Å². The van der Waals surface area contributed by atoms with Crippen LogP contribution < -0.4 is 4.74 Å². The quantitative estimate of drug-likeness (QED) is 0.820. The highest BCUT2D eigenvalue weighted by Gasteiger charge is 2.12. The van der Waals surface area contributed by atoms with Crippen molar-refractivity contribution in [3.05, 3.63) is 30.1 Å². The minimum Gasteiger partial charge on any atom is -0.478 e. The van der Waals surface area contributed by atoms with Gasteiger partial charge in [0, 0.05) is 11.6 Å². The number of hydrogen-bond acceptors (Lipinski definition) is 3. The summed E-state index contributed by atoms with van der Waals surface area (Å²) in [4.78, 5) is 17.0. The molecular weight excluding hydrogens is 246 g/mol. The van der Waals surface area contributed by atoms with Crippen LogP contribution in [0.5, 0.6) is 5.75 Å². The molecule has 0 bridgehead atoms. The van der Waals surface area contributed by atoms with Gasteiger partial charge in [-0.1, -0.05) is 0 Å². The summed E-state index contributed by atoms with van der Waals surface area (Å²) >= 11 is 0. The zero-order valence-corrected chi connectivity index (χ0v) is 8.93. The third kappa shape index (κ3) is 2.45. The number of nitrogens with zero attached hydrogens (tertiary/aromatic N) is 1. The van der Waals surface area contributed by atoms with Crippen molar-refractivity contribution in [2.24, 2.45) is 0 Å². The largest absolute Gasteiger partial charge is 0.478 e. The van der Waals surface area contributed by atoms with Gasteiger partial charge in [-0.3, -0.25) is 0 Å². The van der Waals surface area contributed by atoms with E-state index in [0.717, 1.165) is 6.08 Å². The lowest BCUT2D eigenvalue weighted by Crippen LogP contribution is -2.02. The van der Waals surface area contributed by atoms with Gasteiger partial charge >= 0.3 is 12.6 Å². The van der Waals surface area contributed by atoms with E-state index in [2.05, 4.69) is 14.7 Å². The number of carboxylic acid groups (broad SMARTS) is 1. The fourth-order valence-electron chi connectivity index (χ4n) is 1.52. The Morgan fingerprint density at radius 2 is 2.28 bits per heavy atom. The number of rotatable bonds is 4. The normalized spacial score (nSPS) is 11.5. The SMILES string of the molecule is O=C(O)/C=C/c1ccc(OC(F)F)c2[nH]cnc12. The second kappa shape index (κ2) is 4.82. The third-order valence-corrected chi connectivity index (χ3v) is 2.19. The lowest BCUT2D eigenvalue weighted by molar-refractivity contribution is -0.131. The number of imidazole rings is 1. The number of H-pyrrole nitrogens is 1. The molecule has 0 atom stereocenters. The molecule has 1 aromatic heterocycles. The molecule has 5 nitrogen and oxygen atoms in total. The maximum Gasteiger partial charge on any atom is 0.387 e. The van der Waals surface area contributed by atoms with Crippen LogP contribution in [0.15, 0.2) is 24.5 Å². The average molecular weight is 254 g/mol. The van der Waals surface area contributed by atoms with E-state index in [9.17, 15) is 13.6 Å². The summed E-state index contributed by atoms with van der Waals surface area (Å²) < 4.78 is 28.6. The lowest BCUT2D eigenvalue weighted by atomic mass is 10.1. The Kier molecular flexibility index (Phi) is 3.22. The predicted molar refractivity (Wildman–Crippen MR) is 59.4 cm³/mol. The summed E-state index contributed by atoms with van der Waals surface area (Å²) in [5.41, 5.74) is 1.16. The standard InChI is InChI=1S/C11H8F2N2O3/c12-11(13)18-7-3-1-6(2-4-8(16)17)9-10(7)15-5-14-9/h1-5,11H,(H,14,15)(H,16,17)/b4-2+.